The molecule has 1 aliphatic rings. The Kier molecular flexibility index (Phi) is 3.13. The Morgan fingerprint density at radius 1 is 1.41 bits per heavy atom. The number of rotatable bonds is 1. The first-order chi connectivity index (χ1) is 7.89. The Hall–Kier alpha value is -1.09. The van der Waals surface area contributed by atoms with Gasteiger partial charge in [0.05, 0.1) is 5.69 Å². The largest absolute Gasteiger partial charge is 0.294 e. The fraction of sp³-hybridized carbons (Fsp3) is 0.643. The molecule has 0 aliphatic carbocycles. The third-order valence-corrected chi connectivity index (χ3v) is 3.51. The van der Waals surface area contributed by atoms with Crippen LogP contribution in [0, 0.1) is 0 Å². The molecule has 0 aromatic carbocycles. The summed E-state index contributed by atoms with van der Waals surface area (Å²) < 4.78 is 0. The molecule has 0 atom stereocenters. The van der Waals surface area contributed by atoms with Crippen LogP contribution >= 0.6 is 0 Å². The lowest BCUT2D eigenvalue weighted by Crippen LogP contribution is -2.40. The molecule has 0 bridgehead atoms. The predicted octanol–water partition coefficient (Wildman–Crippen LogP) is 2.99. The van der Waals surface area contributed by atoms with Crippen molar-refractivity contribution >= 4 is 5.57 Å². The molecule has 1 aromatic rings. The Morgan fingerprint density at radius 3 is 2.71 bits per heavy atom. The van der Waals surface area contributed by atoms with Gasteiger partial charge in [0.25, 0.3) is 0 Å². The summed E-state index contributed by atoms with van der Waals surface area (Å²) in [4.78, 5) is 2.53. The van der Waals surface area contributed by atoms with Crippen molar-refractivity contribution in [1.82, 2.24) is 15.1 Å². The highest BCUT2D eigenvalue weighted by Gasteiger charge is 2.27. The predicted molar refractivity (Wildman–Crippen MR) is 71.8 cm³/mol. The highest BCUT2D eigenvalue weighted by atomic mass is 15.2. The molecule has 3 nitrogen and oxygen atoms in total. The zero-order valence-corrected chi connectivity index (χ0v) is 11.4. The maximum atomic E-state index is 4.40. The summed E-state index contributed by atoms with van der Waals surface area (Å²) in [7, 11) is 0. The van der Waals surface area contributed by atoms with Gasteiger partial charge in [0.15, 0.2) is 0 Å². The van der Waals surface area contributed by atoms with E-state index in [-0.39, 0.29) is 5.54 Å². The first-order valence-corrected chi connectivity index (χ1v) is 6.36. The number of hydrogen-bond acceptors (Lipinski definition) is 2. The first-order valence-electron chi connectivity index (χ1n) is 6.36. The maximum Gasteiger partial charge on any atom is 0.0919 e. The summed E-state index contributed by atoms with van der Waals surface area (Å²) >= 11 is 0. The molecule has 1 aromatic heterocycles. The van der Waals surface area contributed by atoms with Crippen molar-refractivity contribution in [1.29, 1.82) is 0 Å². The Balaban J connectivity index is 2.35. The minimum atomic E-state index is 0.214. The highest BCUT2D eigenvalue weighted by Crippen LogP contribution is 2.27. The summed E-state index contributed by atoms with van der Waals surface area (Å²) in [6.07, 6.45) is 2.30. The van der Waals surface area contributed by atoms with Gasteiger partial charge in [0, 0.05) is 23.3 Å². The van der Waals surface area contributed by atoms with E-state index in [1.807, 2.05) is 6.92 Å². The van der Waals surface area contributed by atoms with Gasteiger partial charge < -0.3 is 0 Å². The number of allylic oxidation sites excluding steroid dienone is 1. The van der Waals surface area contributed by atoms with Crippen molar-refractivity contribution in [3.05, 3.63) is 23.5 Å². The number of aromatic nitrogens is 2. The molecule has 0 fully saturated rings. The van der Waals surface area contributed by atoms with E-state index in [1.165, 1.54) is 17.7 Å². The summed E-state index contributed by atoms with van der Waals surface area (Å²) in [5, 5.41) is 7.59. The summed E-state index contributed by atoms with van der Waals surface area (Å²) in [5.74, 6) is 0. The second-order valence-electron chi connectivity index (χ2n) is 6.01. The molecule has 94 valence electrons. The molecular formula is C14H23N3. The van der Waals surface area contributed by atoms with Gasteiger partial charge in [-0.2, -0.15) is 5.10 Å². The Bertz CT molecular complexity index is 423. The molecule has 0 radical (unpaired) electrons. The lowest BCUT2D eigenvalue weighted by Gasteiger charge is -2.34. The van der Waals surface area contributed by atoms with Gasteiger partial charge in [-0.05, 0) is 52.7 Å². The molecule has 2 heterocycles. The van der Waals surface area contributed by atoms with Crippen LogP contribution in [0.3, 0.4) is 0 Å². The van der Waals surface area contributed by atoms with Gasteiger partial charge in [0.2, 0.25) is 0 Å². The van der Waals surface area contributed by atoms with E-state index in [0.717, 1.165) is 30.8 Å². The van der Waals surface area contributed by atoms with E-state index in [4.69, 9.17) is 0 Å². The van der Waals surface area contributed by atoms with Crippen LogP contribution in [-0.4, -0.2) is 27.2 Å². The van der Waals surface area contributed by atoms with Gasteiger partial charge >= 0.3 is 0 Å². The number of hydrogen-bond donors (Lipinski definition) is 1. The van der Waals surface area contributed by atoms with Crippen LogP contribution in [0.1, 0.15) is 51.1 Å². The lowest BCUT2D eigenvalue weighted by molar-refractivity contribution is 0.130. The standard InChI is InChI=1S/C14H23N3/c1-10(2)13-11-9-17(14(3,4)5)8-6-7-12(11)15-16-13/h1,6-9H2,2-5H3,(H,15,16). The number of aromatic amines is 1. The number of nitrogens with zero attached hydrogens (tertiary/aromatic N) is 2. The van der Waals surface area contributed by atoms with E-state index >= 15 is 0 Å². The van der Waals surface area contributed by atoms with Crippen LogP contribution < -0.4 is 0 Å². The molecule has 0 amide bonds. The number of nitrogens with one attached hydrogen (secondary N) is 1. The SMILES string of the molecule is C=C(C)c1n[nH]c2c1CN(C(C)(C)C)CCC2. The minimum Gasteiger partial charge on any atom is -0.294 e. The van der Waals surface area contributed by atoms with Crippen molar-refractivity contribution in [3.8, 4) is 0 Å². The van der Waals surface area contributed by atoms with E-state index in [0.29, 0.717) is 0 Å². The van der Waals surface area contributed by atoms with Crippen molar-refractivity contribution in [3.63, 3.8) is 0 Å². The van der Waals surface area contributed by atoms with E-state index in [9.17, 15) is 0 Å². The van der Waals surface area contributed by atoms with Crippen molar-refractivity contribution in [2.45, 2.75) is 52.6 Å². The van der Waals surface area contributed by atoms with Crippen LogP contribution in [0.2, 0.25) is 0 Å². The van der Waals surface area contributed by atoms with E-state index in [1.54, 1.807) is 0 Å². The Labute approximate surface area is 104 Å². The van der Waals surface area contributed by atoms with Crippen LogP contribution in [0.25, 0.3) is 5.57 Å². The number of H-pyrrole nitrogens is 1. The third-order valence-electron chi connectivity index (χ3n) is 3.51. The van der Waals surface area contributed by atoms with Crippen molar-refractivity contribution in [2.75, 3.05) is 6.54 Å². The fourth-order valence-electron chi connectivity index (χ4n) is 2.42. The second kappa shape index (κ2) is 4.30. The average molecular weight is 233 g/mol. The number of aryl methyl sites for hydroxylation is 1. The van der Waals surface area contributed by atoms with Crippen LogP contribution in [0.4, 0.5) is 0 Å². The van der Waals surface area contributed by atoms with Gasteiger partial charge in [-0.15, -0.1) is 0 Å². The van der Waals surface area contributed by atoms with E-state index < -0.39 is 0 Å². The first kappa shape index (κ1) is 12.4. The zero-order valence-electron chi connectivity index (χ0n) is 11.4. The molecule has 3 heteroatoms. The second-order valence-corrected chi connectivity index (χ2v) is 6.01. The average Bonchev–Trinajstić information content (AvgIpc) is 2.47. The molecule has 17 heavy (non-hydrogen) atoms. The van der Waals surface area contributed by atoms with Gasteiger partial charge in [-0.25, -0.2) is 0 Å². The van der Waals surface area contributed by atoms with Gasteiger partial charge in [0.1, 0.15) is 0 Å². The highest BCUT2D eigenvalue weighted by molar-refractivity contribution is 5.61. The number of fused-ring (bicyclic) bond motifs is 1. The normalized spacial score (nSPS) is 17.6. The molecule has 1 N–H and O–H groups in total. The smallest absolute Gasteiger partial charge is 0.0919 e. The topological polar surface area (TPSA) is 31.9 Å². The van der Waals surface area contributed by atoms with Crippen LogP contribution in [0.5, 0.6) is 0 Å². The lowest BCUT2D eigenvalue weighted by atomic mass is 10.0. The molecule has 0 spiro atoms. The maximum absolute atomic E-state index is 4.40. The molecular weight excluding hydrogens is 210 g/mol. The summed E-state index contributed by atoms with van der Waals surface area (Å²) in [6.45, 7) is 15.0. The zero-order chi connectivity index (χ0) is 12.6. The Morgan fingerprint density at radius 2 is 2.12 bits per heavy atom. The van der Waals surface area contributed by atoms with Gasteiger partial charge in [-0.1, -0.05) is 6.58 Å². The molecule has 0 saturated carbocycles. The fourth-order valence-corrected chi connectivity index (χ4v) is 2.42. The minimum absolute atomic E-state index is 0.214. The molecule has 0 saturated heterocycles. The molecule has 0 unspecified atom stereocenters. The van der Waals surface area contributed by atoms with Gasteiger partial charge in [-0.3, -0.25) is 10.00 Å². The van der Waals surface area contributed by atoms with Crippen molar-refractivity contribution < 1.29 is 0 Å². The van der Waals surface area contributed by atoms with Crippen LogP contribution in [0.15, 0.2) is 6.58 Å². The third kappa shape index (κ3) is 2.44. The molecule has 2 rings (SSSR count). The van der Waals surface area contributed by atoms with Crippen molar-refractivity contribution in [2.24, 2.45) is 0 Å². The van der Waals surface area contributed by atoms with E-state index in [2.05, 4.69) is 42.4 Å². The summed E-state index contributed by atoms with van der Waals surface area (Å²) in [6, 6.07) is 0. The molecule has 1 aliphatic heterocycles. The monoisotopic (exact) mass is 233 g/mol. The summed E-state index contributed by atoms with van der Waals surface area (Å²) in [5.41, 5.74) is 4.99. The quantitative estimate of drug-likeness (QED) is 0.808. The van der Waals surface area contributed by atoms with Crippen LogP contribution in [-0.2, 0) is 13.0 Å².